The van der Waals surface area contributed by atoms with Crippen LogP contribution >= 0.6 is 11.3 Å². The second kappa shape index (κ2) is 5.53. The maximum absolute atomic E-state index is 12.8. The monoisotopic (exact) mass is 289 g/mol. The molecule has 5 heteroatoms. The van der Waals surface area contributed by atoms with Gasteiger partial charge >= 0.3 is 0 Å². The minimum atomic E-state index is -0.731. The van der Waals surface area contributed by atoms with Gasteiger partial charge in [0, 0.05) is 30.6 Å². The molecule has 0 N–H and O–H groups in total. The average molecular weight is 289 g/mol. The van der Waals surface area contributed by atoms with Gasteiger partial charge in [0.2, 0.25) is 5.91 Å². The van der Waals surface area contributed by atoms with Gasteiger partial charge in [-0.1, -0.05) is 12.8 Å². The van der Waals surface area contributed by atoms with E-state index in [1.807, 2.05) is 16.5 Å². The highest BCUT2D eigenvalue weighted by Crippen LogP contribution is 2.40. The number of carbonyl (C=O) groups excluding carboxylic acids is 1. The van der Waals surface area contributed by atoms with Gasteiger partial charge in [0.05, 0.1) is 11.1 Å². The van der Waals surface area contributed by atoms with Crippen molar-refractivity contribution in [2.75, 3.05) is 13.1 Å². The van der Waals surface area contributed by atoms with E-state index in [1.165, 1.54) is 0 Å². The van der Waals surface area contributed by atoms with Crippen molar-refractivity contribution in [3.05, 3.63) is 16.6 Å². The van der Waals surface area contributed by atoms with E-state index in [9.17, 15) is 10.1 Å². The van der Waals surface area contributed by atoms with Gasteiger partial charge in [-0.2, -0.15) is 5.26 Å². The summed E-state index contributed by atoms with van der Waals surface area (Å²) in [6.07, 6.45) is 7.41. The number of carbonyl (C=O) groups is 1. The highest BCUT2D eigenvalue weighted by atomic mass is 32.1. The lowest BCUT2D eigenvalue weighted by atomic mass is 9.85. The maximum Gasteiger partial charge on any atom is 0.243 e. The summed E-state index contributed by atoms with van der Waals surface area (Å²) in [7, 11) is 0. The Morgan fingerprint density at radius 2 is 2.25 bits per heavy atom. The van der Waals surface area contributed by atoms with E-state index in [1.54, 1.807) is 11.3 Å². The number of piperidine rings is 1. The van der Waals surface area contributed by atoms with Crippen LogP contribution in [0.4, 0.5) is 0 Å². The molecule has 1 saturated carbocycles. The zero-order chi connectivity index (χ0) is 14.0. The van der Waals surface area contributed by atoms with E-state index in [-0.39, 0.29) is 5.91 Å². The lowest BCUT2D eigenvalue weighted by molar-refractivity contribution is -0.140. The van der Waals surface area contributed by atoms with Crippen molar-refractivity contribution >= 4 is 17.2 Å². The summed E-state index contributed by atoms with van der Waals surface area (Å²) in [4.78, 5) is 19.1. The van der Waals surface area contributed by atoms with Gasteiger partial charge in [0.1, 0.15) is 5.41 Å². The SMILES string of the molecule is N#CC1(C(=O)N2CCC[C@H](c3nccs3)C2)CCCC1. The number of aromatic nitrogens is 1. The lowest BCUT2D eigenvalue weighted by Crippen LogP contribution is -2.46. The van der Waals surface area contributed by atoms with Gasteiger partial charge in [0.25, 0.3) is 0 Å². The topological polar surface area (TPSA) is 57.0 Å². The maximum atomic E-state index is 12.8. The summed E-state index contributed by atoms with van der Waals surface area (Å²) in [6, 6.07) is 2.32. The highest BCUT2D eigenvalue weighted by molar-refractivity contribution is 7.09. The molecule has 0 unspecified atom stereocenters. The van der Waals surface area contributed by atoms with Crippen LogP contribution in [-0.4, -0.2) is 28.9 Å². The van der Waals surface area contributed by atoms with Gasteiger partial charge < -0.3 is 4.90 Å². The number of nitriles is 1. The standard InChI is InChI=1S/C15H19N3OS/c16-11-15(5-1-2-6-15)14(19)18-8-3-4-12(10-18)13-17-7-9-20-13/h7,9,12H,1-6,8,10H2/t12-/m0/s1. The normalized spacial score (nSPS) is 25.4. The van der Waals surface area contributed by atoms with Crippen molar-refractivity contribution in [2.24, 2.45) is 5.41 Å². The quantitative estimate of drug-likeness (QED) is 0.841. The number of likely N-dealkylation sites (tertiary alicyclic amines) is 1. The molecule has 0 bridgehead atoms. The molecular formula is C15H19N3OS. The highest BCUT2D eigenvalue weighted by Gasteiger charge is 2.44. The van der Waals surface area contributed by atoms with Gasteiger partial charge in [-0.25, -0.2) is 4.98 Å². The molecule has 4 nitrogen and oxygen atoms in total. The van der Waals surface area contributed by atoms with E-state index < -0.39 is 5.41 Å². The molecule has 1 saturated heterocycles. The number of hydrogen-bond acceptors (Lipinski definition) is 4. The molecule has 0 aromatic carbocycles. The fourth-order valence-corrected chi connectivity index (χ4v) is 4.22. The summed E-state index contributed by atoms with van der Waals surface area (Å²) < 4.78 is 0. The Labute approximate surface area is 123 Å². The number of rotatable bonds is 2. The van der Waals surface area contributed by atoms with Crippen LogP contribution < -0.4 is 0 Å². The molecule has 0 spiro atoms. The molecule has 1 atom stereocenters. The molecular weight excluding hydrogens is 270 g/mol. The Balaban J connectivity index is 1.74. The summed E-state index contributed by atoms with van der Waals surface area (Å²) >= 11 is 1.67. The Bertz CT molecular complexity index is 514. The van der Waals surface area contributed by atoms with Crippen molar-refractivity contribution in [3.8, 4) is 6.07 Å². The number of thiazole rings is 1. The third-order valence-electron chi connectivity index (χ3n) is 4.59. The fourth-order valence-electron chi connectivity index (χ4n) is 3.45. The van der Waals surface area contributed by atoms with E-state index in [2.05, 4.69) is 11.1 Å². The largest absolute Gasteiger partial charge is 0.341 e. The summed E-state index contributed by atoms with van der Waals surface area (Å²) in [6.45, 7) is 1.53. The van der Waals surface area contributed by atoms with E-state index >= 15 is 0 Å². The molecule has 1 aromatic heterocycles. The van der Waals surface area contributed by atoms with E-state index in [0.717, 1.165) is 56.6 Å². The molecule has 1 aliphatic heterocycles. The average Bonchev–Trinajstić information content (AvgIpc) is 3.18. The molecule has 3 rings (SSSR count). The van der Waals surface area contributed by atoms with Crippen LogP contribution in [0.25, 0.3) is 0 Å². The van der Waals surface area contributed by atoms with Gasteiger partial charge in [-0.05, 0) is 25.7 Å². The molecule has 2 heterocycles. The van der Waals surface area contributed by atoms with Crippen molar-refractivity contribution in [1.82, 2.24) is 9.88 Å². The first-order valence-electron chi connectivity index (χ1n) is 7.35. The first-order valence-corrected chi connectivity index (χ1v) is 8.23. The zero-order valence-corrected chi connectivity index (χ0v) is 12.4. The molecule has 2 aliphatic rings. The summed E-state index contributed by atoms with van der Waals surface area (Å²) in [5, 5.41) is 12.6. The summed E-state index contributed by atoms with van der Waals surface area (Å²) in [5.41, 5.74) is -0.731. The first kappa shape index (κ1) is 13.6. The zero-order valence-electron chi connectivity index (χ0n) is 11.5. The third kappa shape index (κ3) is 2.33. The van der Waals surface area contributed by atoms with Crippen LogP contribution in [0.2, 0.25) is 0 Å². The minimum Gasteiger partial charge on any atom is -0.341 e. The molecule has 0 radical (unpaired) electrons. The van der Waals surface area contributed by atoms with E-state index in [4.69, 9.17) is 0 Å². The molecule has 1 aliphatic carbocycles. The smallest absolute Gasteiger partial charge is 0.243 e. The number of nitrogens with zero attached hydrogens (tertiary/aromatic N) is 3. The lowest BCUT2D eigenvalue weighted by Gasteiger charge is -2.35. The first-order chi connectivity index (χ1) is 9.75. The van der Waals surface area contributed by atoms with Crippen LogP contribution in [0.1, 0.15) is 49.5 Å². The van der Waals surface area contributed by atoms with Crippen molar-refractivity contribution in [3.63, 3.8) is 0 Å². The Kier molecular flexibility index (Phi) is 3.75. The second-order valence-electron chi connectivity index (χ2n) is 5.86. The Hall–Kier alpha value is -1.41. The second-order valence-corrected chi connectivity index (χ2v) is 6.79. The van der Waals surface area contributed by atoms with E-state index in [0.29, 0.717) is 5.92 Å². The molecule has 1 aromatic rings. The number of amides is 1. The Morgan fingerprint density at radius 3 is 2.90 bits per heavy atom. The predicted molar refractivity (Wildman–Crippen MR) is 77.2 cm³/mol. The summed E-state index contributed by atoms with van der Waals surface area (Å²) in [5.74, 6) is 0.420. The van der Waals surface area contributed by atoms with Crippen LogP contribution in [0.5, 0.6) is 0 Å². The molecule has 20 heavy (non-hydrogen) atoms. The molecule has 2 fully saturated rings. The van der Waals surface area contributed by atoms with Gasteiger partial charge in [0.15, 0.2) is 0 Å². The number of hydrogen-bond donors (Lipinski definition) is 0. The fraction of sp³-hybridized carbons (Fsp3) is 0.667. The van der Waals surface area contributed by atoms with Crippen molar-refractivity contribution in [2.45, 2.75) is 44.4 Å². The van der Waals surface area contributed by atoms with Crippen LogP contribution in [0.15, 0.2) is 11.6 Å². The predicted octanol–water partition coefficient (Wildman–Crippen LogP) is 2.93. The van der Waals surface area contributed by atoms with Crippen LogP contribution in [0.3, 0.4) is 0 Å². The van der Waals surface area contributed by atoms with Crippen molar-refractivity contribution in [1.29, 1.82) is 5.26 Å². The molecule has 106 valence electrons. The minimum absolute atomic E-state index is 0.0683. The van der Waals surface area contributed by atoms with Crippen molar-refractivity contribution < 1.29 is 4.79 Å². The molecule has 1 amide bonds. The third-order valence-corrected chi connectivity index (χ3v) is 5.53. The van der Waals surface area contributed by atoms with Gasteiger partial charge in [-0.3, -0.25) is 4.79 Å². The van der Waals surface area contributed by atoms with Crippen LogP contribution in [-0.2, 0) is 4.79 Å². The Morgan fingerprint density at radius 1 is 1.45 bits per heavy atom. The van der Waals surface area contributed by atoms with Gasteiger partial charge in [-0.15, -0.1) is 11.3 Å². The van der Waals surface area contributed by atoms with Crippen LogP contribution in [0, 0.1) is 16.7 Å².